The van der Waals surface area contributed by atoms with Gasteiger partial charge in [0, 0.05) is 26.8 Å². The summed E-state index contributed by atoms with van der Waals surface area (Å²) in [4.78, 5) is 11.8. The molecule has 0 atom stereocenters. The first-order valence-electron chi connectivity index (χ1n) is 6.07. The molecule has 0 radical (unpaired) electrons. The maximum absolute atomic E-state index is 11.8. The molecule has 0 fully saturated rings. The lowest BCUT2D eigenvalue weighted by Crippen LogP contribution is -2.08. The third-order valence-corrected chi connectivity index (χ3v) is 4.11. The van der Waals surface area contributed by atoms with Crippen LogP contribution in [0.2, 0.25) is 10.0 Å². The van der Waals surface area contributed by atoms with Crippen molar-refractivity contribution in [2.24, 2.45) is 0 Å². The number of carbonyl (C=O) groups is 1. The molecule has 2 aromatic carbocycles. The first-order valence-corrected chi connectivity index (χ1v) is 7.62. The Morgan fingerprint density at radius 2 is 1.86 bits per heavy atom. The van der Waals surface area contributed by atoms with Crippen LogP contribution < -0.4 is 5.32 Å². The molecule has 21 heavy (non-hydrogen) atoms. The van der Waals surface area contributed by atoms with Crippen molar-refractivity contribution in [3.05, 3.63) is 62.0 Å². The Morgan fingerprint density at radius 3 is 2.57 bits per heavy atom. The Labute approximate surface area is 141 Å². The third-order valence-electron chi connectivity index (χ3n) is 2.86. The van der Waals surface area contributed by atoms with E-state index in [1.807, 2.05) is 12.1 Å². The van der Waals surface area contributed by atoms with Gasteiger partial charge in [0.25, 0.3) is 0 Å². The zero-order valence-electron chi connectivity index (χ0n) is 11.1. The van der Waals surface area contributed by atoms with Gasteiger partial charge >= 0.3 is 5.97 Å². The second-order valence-electron chi connectivity index (χ2n) is 4.27. The van der Waals surface area contributed by atoms with E-state index in [0.717, 1.165) is 10.0 Å². The standard InChI is InChI=1S/C15H12BrCl2NO2/c1-21-15(20)12-7-11(18)3-5-14(12)19-8-9-6-10(17)2-4-13(9)16/h2-7,19H,8H2,1H3. The fourth-order valence-corrected chi connectivity index (χ4v) is 2.57. The minimum Gasteiger partial charge on any atom is -0.465 e. The molecule has 0 bridgehead atoms. The Morgan fingerprint density at radius 1 is 1.19 bits per heavy atom. The SMILES string of the molecule is COC(=O)c1cc(Cl)ccc1NCc1cc(Cl)ccc1Br. The third kappa shape index (κ3) is 4.13. The number of ether oxygens (including phenoxy) is 1. The maximum Gasteiger partial charge on any atom is 0.340 e. The van der Waals surface area contributed by atoms with E-state index in [1.165, 1.54) is 7.11 Å². The summed E-state index contributed by atoms with van der Waals surface area (Å²) >= 11 is 15.4. The summed E-state index contributed by atoms with van der Waals surface area (Å²) in [5.74, 6) is -0.440. The number of esters is 1. The summed E-state index contributed by atoms with van der Waals surface area (Å²) in [6.07, 6.45) is 0. The highest BCUT2D eigenvalue weighted by Crippen LogP contribution is 2.25. The lowest BCUT2D eigenvalue weighted by Gasteiger charge is -2.12. The van der Waals surface area contributed by atoms with Crippen LogP contribution in [0.25, 0.3) is 0 Å². The smallest absolute Gasteiger partial charge is 0.340 e. The summed E-state index contributed by atoms with van der Waals surface area (Å²) in [6, 6.07) is 10.6. The van der Waals surface area contributed by atoms with Crippen molar-refractivity contribution in [2.75, 3.05) is 12.4 Å². The second-order valence-corrected chi connectivity index (χ2v) is 6.00. The van der Waals surface area contributed by atoms with Crippen molar-refractivity contribution in [2.45, 2.75) is 6.54 Å². The van der Waals surface area contributed by atoms with Crippen LogP contribution in [0.4, 0.5) is 5.69 Å². The van der Waals surface area contributed by atoms with E-state index < -0.39 is 5.97 Å². The van der Waals surface area contributed by atoms with Crippen LogP contribution in [-0.4, -0.2) is 13.1 Å². The lowest BCUT2D eigenvalue weighted by atomic mass is 10.1. The molecule has 2 aromatic rings. The minimum atomic E-state index is -0.440. The van der Waals surface area contributed by atoms with Gasteiger partial charge in [-0.1, -0.05) is 39.1 Å². The van der Waals surface area contributed by atoms with E-state index in [-0.39, 0.29) is 0 Å². The molecule has 6 heteroatoms. The maximum atomic E-state index is 11.8. The van der Waals surface area contributed by atoms with Gasteiger partial charge in [0.1, 0.15) is 0 Å². The molecule has 0 aliphatic rings. The Kier molecular flexibility index (Phi) is 5.51. The Hall–Kier alpha value is -1.23. The molecule has 3 nitrogen and oxygen atoms in total. The predicted octanol–water partition coefficient (Wildman–Crippen LogP) is 5.15. The number of methoxy groups -OCH3 is 1. The van der Waals surface area contributed by atoms with Crippen LogP contribution in [-0.2, 0) is 11.3 Å². The average molecular weight is 389 g/mol. The lowest BCUT2D eigenvalue weighted by molar-refractivity contribution is 0.0602. The van der Waals surface area contributed by atoms with E-state index in [0.29, 0.717) is 27.8 Å². The molecule has 0 saturated carbocycles. The van der Waals surface area contributed by atoms with E-state index >= 15 is 0 Å². The van der Waals surface area contributed by atoms with Crippen molar-refractivity contribution in [3.8, 4) is 0 Å². The van der Waals surface area contributed by atoms with Crippen LogP contribution in [0.15, 0.2) is 40.9 Å². The molecular weight excluding hydrogens is 377 g/mol. The van der Waals surface area contributed by atoms with Crippen molar-refractivity contribution in [1.82, 2.24) is 0 Å². The summed E-state index contributed by atoms with van der Waals surface area (Å²) in [5, 5.41) is 4.32. The Balaban J connectivity index is 2.24. The fourth-order valence-electron chi connectivity index (χ4n) is 1.82. The number of carbonyl (C=O) groups excluding carboxylic acids is 1. The first kappa shape index (κ1) is 16.1. The highest BCUT2D eigenvalue weighted by atomic mass is 79.9. The molecule has 2 rings (SSSR count). The monoisotopic (exact) mass is 387 g/mol. The molecule has 110 valence electrons. The zero-order chi connectivity index (χ0) is 15.4. The van der Waals surface area contributed by atoms with Gasteiger partial charge in [0.2, 0.25) is 0 Å². The largest absolute Gasteiger partial charge is 0.465 e. The highest BCUT2D eigenvalue weighted by Gasteiger charge is 2.12. The van der Waals surface area contributed by atoms with Crippen molar-refractivity contribution < 1.29 is 9.53 Å². The van der Waals surface area contributed by atoms with Crippen LogP contribution in [0.5, 0.6) is 0 Å². The molecule has 0 heterocycles. The van der Waals surface area contributed by atoms with Crippen molar-refractivity contribution in [1.29, 1.82) is 0 Å². The van der Waals surface area contributed by atoms with Gasteiger partial charge in [-0.3, -0.25) is 0 Å². The van der Waals surface area contributed by atoms with Gasteiger partial charge in [-0.15, -0.1) is 0 Å². The fraction of sp³-hybridized carbons (Fsp3) is 0.133. The minimum absolute atomic E-state index is 0.392. The van der Waals surface area contributed by atoms with Gasteiger partial charge in [-0.2, -0.15) is 0 Å². The van der Waals surface area contributed by atoms with E-state index in [1.54, 1.807) is 24.3 Å². The summed E-state index contributed by atoms with van der Waals surface area (Å²) in [5.41, 5.74) is 2.02. The van der Waals surface area contributed by atoms with E-state index in [2.05, 4.69) is 21.2 Å². The molecule has 0 aliphatic heterocycles. The van der Waals surface area contributed by atoms with Gasteiger partial charge in [0.05, 0.1) is 12.7 Å². The zero-order valence-corrected chi connectivity index (χ0v) is 14.2. The van der Waals surface area contributed by atoms with Crippen molar-refractivity contribution in [3.63, 3.8) is 0 Å². The highest BCUT2D eigenvalue weighted by molar-refractivity contribution is 9.10. The van der Waals surface area contributed by atoms with Crippen LogP contribution in [0.1, 0.15) is 15.9 Å². The number of nitrogens with one attached hydrogen (secondary N) is 1. The van der Waals surface area contributed by atoms with Crippen molar-refractivity contribution >= 4 is 50.8 Å². The second kappa shape index (κ2) is 7.16. The van der Waals surface area contributed by atoms with Crippen LogP contribution >= 0.6 is 39.1 Å². The summed E-state index contributed by atoms with van der Waals surface area (Å²) < 4.78 is 5.70. The number of benzene rings is 2. The Bertz CT molecular complexity index is 677. The molecule has 0 unspecified atom stereocenters. The van der Waals surface area contributed by atoms with Gasteiger partial charge in [-0.05, 0) is 42.0 Å². The topological polar surface area (TPSA) is 38.3 Å². The summed E-state index contributed by atoms with van der Waals surface area (Å²) in [6.45, 7) is 0.507. The molecule has 0 spiro atoms. The molecule has 0 aromatic heterocycles. The van der Waals surface area contributed by atoms with Gasteiger partial charge < -0.3 is 10.1 Å². The van der Waals surface area contributed by atoms with Crippen LogP contribution in [0, 0.1) is 0 Å². The van der Waals surface area contributed by atoms with E-state index in [9.17, 15) is 4.79 Å². The normalized spacial score (nSPS) is 10.3. The number of hydrogen-bond acceptors (Lipinski definition) is 3. The molecular formula is C15H12BrCl2NO2. The quantitative estimate of drug-likeness (QED) is 0.735. The number of halogens is 3. The number of anilines is 1. The number of hydrogen-bond donors (Lipinski definition) is 1. The molecule has 0 saturated heterocycles. The van der Waals surface area contributed by atoms with E-state index in [4.69, 9.17) is 27.9 Å². The number of rotatable bonds is 4. The molecule has 1 N–H and O–H groups in total. The predicted molar refractivity (Wildman–Crippen MR) is 89.3 cm³/mol. The van der Waals surface area contributed by atoms with Gasteiger partial charge in [0.15, 0.2) is 0 Å². The molecule has 0 amide bonds. The molecule has 0 aliphatic carbocycles. The summed E-state index contributed by atoms with van der Waals surface area (Å²) in [7, 11) is 1.33. The average Bonchev–Trinajstić information content (AvgIpc) is 2.48. The first-order chi connectivity index (χ1) is 10.0. The van der Waals surface area contributed by atoms with Gasteiger partial charge in [-0.25, -0.2) is 4.79 Å². The van der Waals surface area contributed by atoms with Crippen LogP contribution in [0.3, 0.4) is 0 Å².